The number of piperidine rings is 1. The molecule has 3 aromatic rings. The molecular weight excluding hydrogens is 332 g/mol. The van der Waals surface area contributed by atoms with Crippen molar-refractivity contribution in [3.05, 3.63) is 48.4 Å². The Morgan fingerprint density at radius 1 is 1.12 bits per heavy atom. The van der Waals surface area contributed by atoms with Crippen LogP contribution in [0.5, 0.6) is 0 Å². The lowest BCUT2D eigenvalue weighted by molar-refractivity contribution is 0.453. The minimum atomic E-state index is 0. The number of hydrogen-bond donors (Lipinski definition) is 1. The van der Waals surface area contributed by atoms with Gasteiger partial charge in [0, 0.05) is 23.2 Å². The maximum absolute atomic E-state index is 5.06. The molecule has 5 heteroatoms. The van der Waals surface area contributed by atoms with Gasteiger partial charge in [-0.05, 0) is 45.8 Å². The van der Waals surface area contributed by atoms with Crippen molar-refractivity contribution in [2.45, 2.75) is 38.6 Å². The highest BCUT2D eigenvalue weighted by Gasteiger charge is 2.21. The highest BCUT2D eigenvalue weighted by Crippen LogP contribution is 2.32. The average Bonchev–Trinajstić information content (AvgIpc) is 3.06. The van der Waals surface area contributed by atoms with Gasteiger partial charge < -0.3 is 9.88 Å². The molecule has 0 radical (unpaired) electrons. The largest absolute Gasteiger partial charge is 0.328 e. The first-order chi connectivity index (χ1) is 11.7. The average molecular weight is 357 g/mol. The zero-order chi connectivity index (χ0) is 16.5. The van der Waals surface area contributed by atoms with Crippen molar-refractivity contribution in [1.82, 2.24) is 19.9 Å². The Hall–Kier alpha value is -1.91. The van der Waals surface area contributed by atoms with Crippen molar-refractivity contribution in [2.24, 2.45) is 0 Å². The standard InChI is InChI=1S/C20H24N4.ClH/c1-14(2)24-13-22-20-18(24)12-17(15-8-10-21-11-9-15)23-19(20)16-6-4-3-5-7-16;/h3-7,12-15,21H,8-11H2,1-2H3;1H. The van der Waals surface area contributed by atoms with Crippen LogP contribution in [-0.2, 0) is 0 Å². The summed E-state index contributed by atoms with van der Waals surface area (Å²) >= 11 is 0. The number of fused-ring (bicyclic) bond motifs is 1. The van der Waals surface area contributed by atoms with Crippen LogP contribution in [0.25, 0.3) is 22.3 Å². The molecule has 132 valence electrons. The predicted molar refractivity (Wildman–Crippen MR) is 105 cm³/mol. The molecule has 0 saturated carbocycles. The van der Waals surface area contributed by atoms with Gasteiger partial charge in [0.1, 0.15) is 5.52 Å². The summed E-state index contributed by atoms with van der Waals surface area (Å²) in [6.45, 7) is 6.56. The van der Waals surface area contributed by atoms with Crippen molar-refractivity contribution >= 4 is 23.4 Å². The Kier molecular flexibility index (Phi) is 5.40. The van der Waals surface area contributed by atoms with Gasteiger partial charge in [-0.15, -0.1) is 12.4 Å². The molecule has 0 bridgehead atoms. The summed E-state index contributed by atoms with van der Waals surface area (Å²) in [5.41, 5.74) is 5.58. The number of halogens is 1. The van der Waals surface area contributed by atoms with E-state index in [1.165, 1.54) is 11.2 Å². The van der Waals surface area contributed by atoms with Gasteiger partial charge in [-0.1, -0.05) is 30.3 Å². The second-order valence-electron chi connectivity index (χ2n) is 6.90. The van der Waals surface area contributed by atoms with E-state index >= 15 is 0 Å². The van der Waals surface area contributed by atoms with Crippen molar-refractivity contribution < 1.29 is 0 Å². The topological polar surface area (TPSA) is 42.7 Å². The van der Waals surface area contributed by atoms with Crippen molar-refractivity contribution in [3.63, 3.8) is 0 Å². The first kappa shape index (κ1) is 17.9. The van der Waals surface area contributed by atoms with Gasteiger partial charge in [0.25, 0.3) is 0 Å². The summed E-state index contributed by atoms with van der Waals surface area (Å²) in [5, 5.41) is 3.45. The Labute approximate surface area is 155 Å². The van der Waals surface area contributed by atoms with E-state index in [1.807, 2.05) is 12.4 Å². The summed E-state index contributed by atoms with van der Waals surface area (Å²) < 4.78 is 2.26. The maximum atomic E-state index is 5.06. The molecule has 4 nitrogen and oxygen atoms in total. The predicted octanol–water partition coefficient (Wildman–Crippen LogP) is 4.57. The number of pyridine rings is 1. The van der Waals surface area contributed by atoms with Gasteiger partial charge in [0.05, 0.1) is 17.5 Å². The Balaban J connectivity index is 0.00000182. The van der Waals surface area contributed by atoms with Crippen LogP contribution < -0.4 is 5.32 Å². The lowest BCUT2D eigenvalue weighted by Crippen LogP contribution is -2.27. The van der Waals surface area contributed by atoms with Gasteiger partial charge in [0.2, 0.25) is 0 Å². The molecule has 0 spiro atoms. The zero-order valence-electron chi connectivity index (χ0n) is 14.8. The minimum Gasteiger partial charge on any atom is -0.328 e. The van der Waals surface area contributed by atoms with E-state index in [4.69, 9.17) is 9.97 Å². The molecule has 4 rings (SSSR count). The summed E-state index contributed by atoms with van der Waals surface area (Å²) in [5.74, 6) is 0.536. The third-order valence-corrected chi connectivity index (χ3v) is 4.94. The third-order valence-electron chi connectivity index (χ3n) is 4.94. The number of benzene rings is 1. The molecule has 0 unspecified atom stereocenters. The fourth-order valence-electron chi connectivity index (χ4n) is 3.59. The number of nitrogens with one attached hydrogen (secondary N) is 1. The van der Waals surface area contributed by atoms with Crippen molar-refractivity contribution in [1.29, 1.82) is 0 Å². The second-order valence-corrected chi connectivity index (χ2v) is 6.90. The highest BCUT2D eigenvalue weighted by atomic mass is 35.5. The monoisotopic (exact) mass is 356 g/mol. The molecule has 0 amide bonds. The van der Waals surface area contributed by atoms with E-state index in [9.17, 15) is 0 Å². The zero-order valence-corrected chi connectivity index (χ0v) is 15.6. The Morgan fingerprint density at radius 2 is 1.84 bits per heavy atom. The van der Waals surface area contributed by atoms with Crippen LogP contribution in [0.1, 0.15) is 44.3 Å². The number of rotatable bonds is 3. The Morgan fingerprint density at radius 3 is 2.52 bits per heavy atom. The normalized spacial score (nSPS) is 15.5. The summed E-state index contributed by atoms with van der Waals surface area (Å²) in [6, 6.07) is 13.1. The molecule has 1 N–H and O–H groups in total. The van der Waals surface area contributed by atoms with Crippen LogP contribution in [0.3, 0.4) is 0 Å². The van der Waals surface area contributed by atoms with Crippen LogP contribution in [0.15, 0.2) is 42.7 Å². The van der Waals surface area contributed by atoms with Gasteiger partial charge >= 0.3 is 0 Å². The van der Waals surface area contributed by atoms with E-state index in [-0.39, 0.29) is 12.4 Å². The van der Waals surface area contributed by atoms with Crippen LogP contribution >= 0.6 is 12.4 Å². The van der Waals surface area contributed by atoms with Crippen LogP contribution in [0, 0.1) is 0 Å². The molecule has 25 heavy (non-hydrogen) atoms. The van der Waals surface area contributed by atoms with Crippen molar-refractivity contribution in [2.75, 3.05) is 13.1 Å². The van der Waals surface area contributed by atoms with Gasteiger partial charge in [0.15, 0.2) is 0 Å². The minimum absolute atomic E-state index is 0. The van der Waals surface area contributed by atoms with E-state index in [2.05, 4.69) is 54.1 Å². The van der Waals surface area contributed by atoms with E-state index < -0.39 is 0 Å². The van der Waals surface area contributed by atoms with Crippen LogP contribution in [0.4, 0.5) is 0 Å². The molecule has 0 aliphatic carbocycles. The molecule has 1 aromatic carbocycles. The van der Waals surface area contributed by atoms with Gasteiger partial charge in [-0.3, -0.25) is 4.98 Å². The lowest BCUT2D eigenvalue weighted by atomic mass is 9.93. The van der Waals surface area contributed by atoms with E-state index in [0.29, 0.717) is 12.0 Å². The number of aromatic nitrogens is 3. The maximum Gasteiger partial charge on any atom is 0.115 e. The number of hydrogen-bond acceptors (Lipinski definition) is 3. The fraction of sp³-hybridized carbons (Fsp3) is 0.400. The summed E-state index contributed by atoms with van der Waals surface area (Å²) in [4.78, 5) is 9.75. The molecule has 3 heterocycles. The first-order valence-corrected chi connectivity index (χ1v) is 8.87. The summed E-state index contributed by atoms with van der Waals surface area (Å²) in [7, 11) is 0. The first-order valence-electron chi connectivity index (χ1n) is 8.87. The molecule has 0 atom stereocenters. The van der Waals surface area contributed by atoms with Gasteiger partial charge in [-0.2, -0.15) is 0 Å². The van der Waals surface area contributed by atoms with E-state index in [1.54, 1.807) is 0 Å². The van der Waals surface area contributed by atoms with Crippen LogP contribution in [-0.4, -0.2) is 27.6 Å². The second kappa shape index (κ2) is 7.54. The Bertz CT molecular complexity index is 836. The number of nitrogens with zero attached hydrogens (tertiary/aromatic N) is 3. The SMILES string of the molecule is CC(C)n1cnc2c(-c3ccccc3)nc(C3CCNCC3)cc21.Cl. The molecule has 1 aliphatic heterocycles. The fourth-order valence-corrected chi connectivity index (χ4v) is 3.59. The van der Waals surface area contributed by atoms with Gasteiger partial charge in [-0.25, -0.2) is 4.98 Å². The summed E-state index contributed by atoms with van der Waals surface area (Å²) in [6.07, 6.45) is 4.26. The molecule has 1 fully saturated rings. The van der Waals surface area contributed by atoms with Crippen molar-refractivity contribution in [3.8, 4) is 11.3 Å². The third kappa shape index (κ3) is 3.42. The molecular formula is C20H25ClN4. The highest BCUT2D eigenvalue weighted by molar-refractivity contribution is 5.90. The molecule has 1 aliphatic rings. The van der Waals surface area contributed by atoms with Crippen LogP contribution in [0.2, 0.25) is 0 Å². The quantitative estimate of drug-likeness (QED) is 0.747. The molecule has 2 aromatic heterocycles. The lowest BCUT2D eigenvalue weighted by Gasteiger charge is -2.23. The smallest absolute Gasteiger partial charge is 0.115 e. The number of imidazole rings is 1. The molecule has 1 saturated heterocycles. The van der Waals surface area contributed by atoms with E-state index in [0.717, 1.165) is 42.7 Å².